The molecule has 1 aromatic carbocycles. The molecule has 2 unspecified atom stereocenters. The van der Waals surface area contributed by atoms with Crippen molar-refractivity contribution in [3.8, 4) is 0 Å². The molecule has 0 aliphatic carbocycles. The maximum absolute atomic E-state index is 6.31. The molecule has 3 saturated heterocycles. The summed E-state index contributed by atoms with van der Waals surface area (Å²) in [5, 5.41) is 3.72. The first-order chi connectivity index (χ1) is 13.3. The van der Waals surface area contributed by atoms with Gasteiger partial charge < -0.3 is 24.1 Å². The van der Waals surface area contributed by atoms with Gasteiger partial charge in [0.25, 0.3) is 0 Å². The van der Waals surface area contributed by atoms with Crippen molar-refractivity contribution in [2.24, 2.45) is 0 Å². The van der Waals surface area contributed by atoms with Gasteiger partial charge in [0.2, 0.25) is 0 Å². The number of morpholine rings is 1. The largest absolute Gasteiger partial charge is 0.494 e. The van der Waals surface area contributed by atoms with E-state index in [1.165, 1.54) is 11.1 Å². The standard InChI is InChI=1S/C22H34BNO4/c1-15-13-26-14-20(24-15)19-12-17(23-27-21(2,3)22(4,5)28-23)6-7-18(19)16-8-10-25-11-9-16/h6-7,12,15-16,20,24H,8-11,13-14H2,1-5H3. The molecule has 0 saturated carbocycles. The zero-order chi connectivity index (χ0) is 19.9. The maximum atomic E-state index is 6.31. The van der Waals surface area contributed by atoms with Gasteiger partial charge in [0, 0.05) is 19.3 Å². The van der Waals surface area contributed by atoms with Crippen molar-refractivity contribution < 1.29 is 18.8 Å². The van der Waals surface area contributed by atoms with E-state index in [9.17, 15) is 0 Å². The van der Waals surface area contributed by atoms with Crippen molar-refractivity contribution in [2.75, 3.05) is 26.4 Å². The predicted octanol–water partition coefficient (Wildman–Crippen LogP) is 2.93. The Labute approximate surface area is 169 Å². The molecule has 3 heterocycles. The van der Waals surface area contributed by atoms with E-state index < -0.39 is 0 Å². The third-order valence-electron chi connectivity index (χ3n) is 6.81. The summed E-state index contributed by atoms with van der Waals surface area (Å²) in [5.74, 6) is 0.537. The zero-order valence-corrected chi connectivity index (χ0v) is 17.9. The second-order valence-corrected chi connectivity index (χ2v) is 9.52. The average molecular weight is 387 g/mol. The summed E-state index contributed by atoms with van der Waals surface area (Å²) in [4.78, 5) is 0. The van der Waals surface area contributed by atoms with Crippen molar-refractivity contribution in [1.82, 2.24) is 5.32 Å². The number of ether oxygens (including phenoxy) is 2. The molecular formula is C22H34BNO4. The minimum atomic E-state index is -0.338. The van der Waals surface area contributed by atoms with Crippen LogP contribution in [0.25, 0.3) is 0 Å². The van der Waals surface area contributed by atoms with E-state index in [0.29, 0.717) is 18.6 Å². The normalized spacial score (nSPS) is 30.5. The number of nitrogens with one attached hydrogen (secondary N) is 1. The minimum absolute atomic E-state index is 0.198. The van der Waals surface area contributed by atoms with Crippen LogP contribution < -0.4 is 10.8 Å². The Bertz CT molecular complexity index is 686. The number of hydrogen-bond donors (Lipinski definition) is 1. The van der Waals surface area contributed by atoms with Gasteiger partial charge in [-0.2, -0.15) is 0 Å². The van der Waals surface area contributed by atoms with E-state index in [1.807, 2.05) is 0 Å². The molecule has 28 heavy (non-hydrogen) atoms. The molecule has 3 aliphatic rings. The fraction of sp³-hybridized carbons (Fsp3) is 0.727. The van der Waals surface area contributed by atoms with Gasteiger partial charge in [-0.05, 0) is 70.0 Å². The van der Waals surface area contributed by atoms with Gasteiger partial charge in [-0.3, -0.25) is 0 Å². The molecule has 154 valence electrons. The highest BCUT2D eigenvalue weighted by Crippen LogP contribution is 2.38. The highest BCUT2D eigenvalue weighted by Gasteiger charge is 2.51. The monoisotopic (exact) mass is 387 g/mol. The second-order valence-electron chi connectivity index (χ2n) is 9.52. The van der Waals surface area contributed by atoms with Crippen LogP contribution in [0.15, 0.2) is 18.2 Å². The Morgan fingerprint density at radius 3 is 2.25 bits per heavy atom. The average Bonchev–Trinajstić information content (AvgIpc) is 2.89. The summed E-state index contributed by atoms with van der Waals surface area (Å²) in [6.45, 7) is 13.7. The molecule has 3 aliphatic heterocycles. The summed E-state index contributed by atoms with van der Waals surface area (Å²) in [6.07, 6.45) is 2.15. The maximum Gasteiger partial charge on any atom is 0.494 e. The molecule has 0 bridgehead atoms. The van der Waals surface area contributed by atoms with Crippen molar-refractivity contribution in [1.29, 1.82) is 0 Å². The van der Waals surface area contributed by atoms with E-state index in [1.54, 1.807) is 0 Å². The lowest BCUT2D eigenvalue weighted by molar-refractivity contribution is 0.00578. The molecular weight excluding hydrogens is 353 g/mol. The van der Waals surface area contributed by atoms with Gasteiger partial charge >= 0.3 is 7.12 Å². The van der Waals surface area contributed by atoms with Crippen LogP contribution in [0.2, 0.25) is 0 Å². The van der Waals surface area contributed by atoms with Crippen LogP contribution in [0.5, 0.6) is 0 Å². The van der Waals surface area contributed by atoms with Crippen LogP contribution in [0, 0.1) is 0 Å². The van der Waals surface area contributed by atoms with Gasteiger partial charge in [0.1, 0.15) is 0 Å². The first kappa shape index (κ1) is 20.4. The number of rotatable bonds is 3. The highest BCUT2D eigenvalue weighted by molar-refractivity contribution is 6.62. The van der Waals surface area contributed by atoms with Gasteiger partial charge in [-0.1, -0.05) is 18.2 Å². The quantitative estimate of drug-likeness (QED) is 0.809. The van der Waals surface area contributed by atoms with Crippen LogP contribution in [0.3, 0.4) is 0 Å². The smallest absolute Gasteiger partial charge is 0.399 e. The Morgan fingerprint density at radius 1 is 0.929 bits per heavy atom. The fourth-order valence-corrected chi connectivity index (χ4v) is 4.38. The van der Waals surface area contributed by atoms with E-state index in [2.05, 4.69) is 58.1 Å². The zero-order valence-electron chi connectivity index (χ0n) is 17.9. The predicted molar refractivity (Wildman–Crippen MR) is 111 cm³/mol. The van der Waals surface area contributed by atoms with Gasteiger partial charge in [-0.25, -0.2) is 0 Å². The Kier molecular flexibility index (Phi) is 5.62. The van der Waals surface area contributed by atoms with Gasteiger partial charge in [0.15, 0.2) is 0 Å². The van der Waals surface area contributed by atoms with Crippen LogP contribution >= 0.6 is 0 Å². The van der Waals surface area contributed by atoms with Crippen molar-refractivity contribution in [3.05, 3.63) is 29.3 Å². The lowest BCUT2D eigenvalue weighted by Gasteiger charge is -2.33. The molecule has 2 atom stereocenters. The summed E-state index contributed by atoms with van der Waals surface area (Å²) in [7, 11) is -0.338. The molecule has 0 amide bonds. The number of benzene rings is 1. The lowest BCUT2D eigenvalue weighted by Crippen LogP contribution is -2.43. The fourth-order valence-electron chi connectivity index (χ4n) is 4.38. The highest BCUT2D eigenvalue weighted by atomic mass is 16.7. The van der Waals surface area contributed by atoms with Crippen molar-refractivity contribution >= 4 is 12.6 Å². The van der Waals surface area contributed by atoms with Gasteiger partial charge in [0.05, 0.1) is 30.5 Å². The van der Waals surface area contributed by atoms with E-state index in [4.69, 9.17) is 18.8 Å². The molecule has 1 aromatic rings. The molecule has 0 radical (unpaired) electrons. The molecule has 4 rings (SSSR count). The summed E-state index contributed by atoms with van der Waals surface area (Å²) in [6, 6.07) is 7.30. The molecule has 0 aromatic heterocycles. The Morgan fingerprint density at radius 2 is 1.61 bits per heavy atom. The summed E-state index contributed by atoms with van der Waals surface area (Å²) < 4.78 is 24.1. The second kappa shape index (κ2) is 7.73. The van der Waals surface area contributed by atoms with Crippen LogP contribution in [0.1, 0.15) is 70.5 Å². The minimum Gasteiger partial charge on any atom is -0.399 e. The first-order valence-corrected chi connectivity index (χ1v) is 10.7. The lowest BCUT2D eigenvalue weighted by atomic mass is 9.75. The van der Waals surface area contributed by atoms with E-state index in [0.717, 1.165) is 38.1 Å². The first-order valence-electron chi connectivity index (χ1n) is 10.7. The van der Waals surface area contributed by atoms with Crippen LogP contribution in [-0.4, -0.2) is 50.8 Å². The van der Waals surface area contributed by atoms with Crippen molar-refractivity contribution in [3.63, 3.8) is 0 Å². The van der Waals surface area contributed by atoms with Gasteiger partial charge in [-0.15, -0.1) is 0 Å². The molecule has 5 nitrogen and oxygen atoms in total. The van der Waals surface area contributed by atoms with Crippen LogP contribution in [-0.2, 0) is 18.8 Å². The molecule has 0 spiro atoms. The number of hydrogen-bond acceptors (Lipinski definition) is 5. The van der Waals surface area contributed by atoms with E-state index in [-0.39, 0.29) is 24.4 Å². The molecule has 1 N–H and O–H groups in total. The SMILES string of the molecule is CC1COCC(c2cc(B3OC(C)(C)C(C)(C)O3)ccc2C2CCOCC2)N1. The Hall–Kier alpha value is -0.915. The third kappa shape index (κ3) is 3.90. The summed E-state index contributed by atoms with van der Waals surface area (Å²) in [5.41, 5.74) is 3.16. The third-order valence-corrected chi connectivity index (χ3v) is 6.81. The molecule has 6 heteroatoms. The van der Waals surface area contributed by atoms with Crippen LogP contribution in [0.4, 0.5) is 0 Å². The molecule has 3 fully saturated rings. The Balaban J connectivity index is 1.67. The topological polar surface area (TPSA) is 49.0 Å². The van der Waals surface area contributed by atoms with E-state index >= 15 is 0 Å². The van der Waals surface area contributed by atoms with Crippen molar-refractivity contribution in [2.45, 2.75) is 76.7 Å². The summed E-state index contributed by atoms with van der Waals surface area (Å²) >= 11 is 0.